The molecule has 0 radical (unpaired) electrons. The highest BCUT2D eigenvalue weighted by atomic mass is 32.2. The molecule has 1 aromatic heterocycles. The molecular formula is C15H17N5O4S. The first-order chi connectivity index (χ1) is 12.0. The first kappa shape index (κ1) is 17.1. The van der Waals surface area contributed by atoms with Crippen LogP contribution in [0.2, 0.25) is 0 Å². The molecule has 1 aliphatic heterocycles. The number of rotatable bonds is 3. The van der Waals surface area contributed by atoms with Crippen molar-refractivity contribution in [2.45, 2.75) is 4.90 Å². The van der Waals surface area contributed by atoms with E-state index in [1.54, 1.807) is 30.3 Å². The van der Waals surface area contributed by atoms with E-state index in [4.69, 9.17) is 0 Å². The Morgan fingerprint density at radius 2 is 1.72 bits per heavy atom. The third-order valence-corrected chi connectivity index (χ3v) is 5.73. The maximum atomic E-state index is 12.5. The first-order valence-electron chi connectivity index (χ1n) is 7.64. The molecule has 0 unspecified atom stereocenters. The van der Waals surface area contributed by atoms with E-state index in [0.717, 1.165) is 0 Å². The molecule has 0 saturated carbocycles. The summed E-state index contributed by atoms with van der Waals surface area (Å²) in [6.45, 7) is 0.954. The van der Waals surface area contributed by atoms with Crippen molar-refractivity contribution in [3.05, 3.63) is 52.8 Å². The minimum atomic E-state index is -3.55. The molecular weight excluding hydrogens is 346 g/mol. The Kier molecular flexibility index (Phi) is 4.81. The molecule has 0 spiro atoms. The van der Waals surface area contributed by atoms with Gasteiger partial charge in [0.1, 0.15) is 0 Å². The molecule has 1 aromatic carbocycles. The van der Waals surface area contributed by atoms with Crippen LogP contribution in [0.4, 0.5) is 10.6 Å². The number of sulfonamides is 1. The number of benzene rings is 1. The molecule has 9 nitrogen and oxygen atoms in total. The first-order valence-corrected chi connectivity index (χ1v) is 9.08. The highest BCUT2D eigenvalue weighted by Gasteiger charge is 2.30. The summed E-state index contributed by atoms with van der Waals surface area (Å²) in [4.78, 5) is 24.9. The van der Waals surface area contributed by atoms with Crippen molar-refractivity contribution in [3.8, 4) is 0 Å². The smallest absolute Gasteiger partial charge is 0.322 e. The van der Waals surface area contributed by atoms with Crippen molar-refractivity contribution in [1.82, 2.24) is 19.4 Å². The van der Waals surface area contributed by atoms with Gasteiger partial charge in [-0.2, -0.15) is 9.40 Å². The Morgan fingerprint density at radius 3 is 2.32 bits per heavy atom. The molecule has 1 aliphatic rings. The molecule has 2 amide bonds. The summed E-state index contributed by atoms with van der Waals surface area (Å²) in [5.41, 5.74) is -0.363. The third-order valence-electron chi connectivity index (χ3n) is 3.82. The number of H-pyrrole nitrogens is 1. The SMILES string of the molecule is O=C(Nc1ccc(=O)[nH]n1)N1CCN(S(=O)(=O)c2ccccc2)CC1. The van der Waals surface area contributed by atoms with Crippen molar-refractivity contribution >= 4 is 21.9 Å². The molecule has 1 saturated heterocycles. The topological polar surface area (TPSA) is 115 Å². The number of carbonyl (C=O) groups excluding carboxylic acids is 1. The van der Waals surface area contributed by atoms with Gasteiger partial charge in [0.25, 0.3) is 5.56 Å². The van der Waals surface area contributed by atoms with Crippen LogP contribution in [-0.2, 0) is 10.0 Å². The largest absolute Gasteiger partial charge is 0.323 e. The number of nitrogens with one attached hydrogen (secondary N) is 2. The summed E-state index contributed by atoms with van der Waals surface area (Å²) in [5, 5.41) is 8.49. The fourth-order valence-electron chi connectivity index (χ4n) is 2.48. The number of hydrogen-bond donors (Lipinski definition) is 2. The van der Waals surface area contributed by atoms with E-state index in [1.165, 1.54) is 21.3 Å². The van der Waals surface area contributed by atoms with Crippen LogP contribution in [0.3, 0.4) is 0 Å². The normalized spacial score (nSPS) is 15.8. The van der Waals surface area contributed by atoms with Gasteiger partial charge in [-0.3, -0.25) is 10.1 Å². The Morgan fingerprint density at radius 1 is 1.04 bits per heavy atom. The average molecular weight is 363 g/mol. The van der Waals surface area contributed by atoms with Crippen molar-refractivity contribution in [2.75, 3.05) is 31.5 Å². The number of nitrogens with zero attached hydrogens (tertiary/aromatic N) is 3. The van der Waals surface area contributed by atoms with Gasteiger partial charge < -0.3 is 4.90 Å². The second-order valence-electron chi connectivity index (χ2n) is 5.44. The van der Waals surface area contributed by atoms with E-state index in [0.29, 0.717) is 0 Å². The molecule has 0 bridgehead atoms. The molecule has 2 N–H and O–H groups in total. The van der Waals surface area contributed by atoms with E-state index < -0.39 is 16.1 Å². The lowest BCUT2D eigenvalue weighted by molar-refractivity contribution is 0.184. The number of hydrogen-bond acceptors (Lipinski definition) is 5. The Hall–Kier alpha value is -2.72. The Bertz CT molecular complexity index is 885. The maximum absolute atomic E-state index is 12.5. The predicted octanol–water partition coefficient (Wildman–Crippen LogP) is 0.308. The van der Waals surface area contributed by atoms with Crippen LogP contribution >= 0.6 is 0 Å². The number of urea groups is 1. The van der Waals surface area contributed by atoms with Crippen molar-refractivity contribution in [1.29, 1.82) is 0 Å². The highest BCUT2D eigenvalue weighted by molar-refractivity contribution is 7.89. The van der Waals surface area contributed by atoms with Gasteiger partial charge >= 0.3 is 6.03 Å². The minimum absolute atomic E-state index is 0.212. The van der Waals surface area contributed by atoms with E-state index >= 15 is 0 Å². The van der Waals surface area contributed by atoms with Crippen LogP contribution in [0, 0.1) is 0 Å². The number of carbonyl (C=O) groups is 1. The molecule has 10 heteroatoms. The summed E-state index contributed by atoms with van der Waals surface area (Å²) in [6.07, 6.45) is 0. The predicted molar refractivity (Wildman–Crippen MR) is 90.7 cm³/mol. The summed E-state index contributed by atoms with van der Waals surface area (Å²) < 4.78 is 26.5. The monoisotopic (exact) mass is 363 g/mol. The highest BCUT2D eigenvalue weighted by Crippen LogP contribution is 2.17. The van der Waals surface area contributed by atoms with Crippen LogP contribution in [0.1, 0.15) is 0 Å². The standard InChI is InChI=1S/C15H17N5O4S/c21-14-7-6-13(17-18-14)16-15(22)19-8-10-20(11-9-19)25(23,24)12-4-2-1-3-5-12/h1-7H,8-11H2,(H,18,21)(H,16,17,22). The van der Waals surface area contributed by atoms with Gasteiger partial charge in [-0.1, -0.05) is 18.2 Å². The van der Waals surface area contributed by atoms with Crippen molar-refractivity contribution in [2.24, 2.45) is 0 Å². The lowest BCUT2D eigenvalue weighted by Crippen LogP contribution is -2.51. The number of piperazine rings is 1. The van der Waals surface area contributed by atoms with Crippen LogP contribution < -0.4 is 10.9 Å². The third kappa shape index (κ3) is 3.86. The number of anilines is 1. The second kappa shape index (κ2) is 7.03. The number of aromatic nitrogens is 2. The summed E-state index contributed by atoms with van der Waals surface area (Å²) in [7, 11) is -3.55. The Labute approximate surface area is 144 Å². The zero-order chi connectivity index (χ0) is 17.9. The lowest BCUT2D eigenvalue weighted by Gasteiger charge is -2.33. The summed E-state index contributed by atoms with van der Waals surface area (Å²) >= 11 is 0. The summed E-state index contributed by atoms with van der Waals surface area (Å²) in [5.74, 6) is 0.226. The van der Waals surface area contributed by atoms with Crippen molar-refractivity contribution < 1.29 is 13.2 Å². The number of amides is 2. The van der Waals surface area contributed by atoms with Crippen LogP contribution in [0.15, 0.2) is 52.2 Å². The quantitative estimate of drug-likeness (QED) is 0.814. The Balaban J connectivity index is 1.61. The van der Waals surface area contributed by atoms with E-state index in [2.05, 4.69) is 15.5 Å². The molecule has 25 heavy (non-hydrogen) atoms. The van der Waals surface area contributed by atoms with Gasteiger partial charge in [0, 0.05) is 32.2 Å². The maximum Gasteiger partial charge on any atom is 0.323 e. The van der Waals surface area contributed by atoms with E-state index in [-0.39, 0.29) is 42.5 Å². The molecule has 132 valence electrons. The van der Waals surface area contributed by atoms with E-state index in [1.807, 2.05) is 0 Å². The zero-order valence-corrected chi connectivity index (χ0v) is 14.1. The molecule has 2 aromatic rings. The number of aromatic amines is 1. The fraction of sp³-hybridized carbons (Fsp3) is 0.267. The van der Waals surface area contributed by atoms with Gasteiger partial charge in [0.15, 0.2) is 5.82 Å². The minimum Gasteiger partial charge on any atom is -0.322 e. The fourth-order valence-corrected chi connectivity index (χ4v) is 3.92. The molecule has 3 rings (SSSR count). The van der Waals surface area contributed by atoms with Gasteiger partial charge in [-0.25, -0.2) is 18.3 Å². The van der Waals surface area contributed by atoms with Crippen LogP contribution in [0.5, 0.6) is 0 Å². The van der Waals surface area contributed by atoms with Crippen LogP contribution in [-0.4, -0.2) is 60.0 Å². The molecule has 2 heterocycles. The van der Waals surface area contributed by atoms with Gasteiger partial charge in [-0.15, -0.1) is 0 Å². The molecule has 0 aliphatic carbocycles. The van der Waals surface area contributed by atoms with Gasteiger partial charge in [-0.05, 0) is 18.2 Å². The van der Waals surface area contributed by atoms with Gasteiger partial charge in [0.05, 0.1) is 4.90 Å². The average Bonchev–Trinajstić information content (AvgIpc) is 2.64. The zero-order valence-electron chi connectivity index (χ0n) is 13.3. The van der Waals surface area contributed by atoms with E-state index in [9.17, 15) is 18.0 Å². The molecule has 1 fully saturated rings. The second-order valence-corrected chi connectivity index (χ2v) is 7.38. The van der Waals surface area contributed by atoms with Crippen LogP contribution in [0.25, 0.3) is 0 Å². The van der Waals surface area contributed by atoms with Crippen molar-refractivity contribution in [3.63, 3.8) is 0 Å². The van der Waals surface area contributed by atoms with Gasteiger partial charge in [0.2, 0.25) is 10.0 Å². The summed E-state index contributed by atoms with van der Waals surface area (Å²) in [6, 6.07) is 10.5. The molecule has 0 atom stereocenters. The lowest BCUT2D eigenvalue weighted by atomic mass is 10.4.